The summed E-state index contributed by atoms with van der Waals surface area (Å²) in [5, 5.41) is 0. The molecular formula is C17H25N2O. The van der Waals surface area contributed by atoms with Gasteiger partial charge >= 0.3 is 0 Å². The maximum Gasteiger partial charge on any atom is 0.123 e. The van der Waals surface area contributed by atoms with Gasteiger partial charge in [-0.1, -0.05) is 6.07 Å². The van der Waals surface area contributed by atoms with E-state index in [1.165, 1.54) is 31.7 Å². The molecule has 0 N–H and O–H groups in total. The maximum atomic E-state index is 6.24. The van der Waals surface area contributed by atoms with Gasteiger partial charge in [-0.25, -0.2) is 0 Å². The molecule has 1 unspecified atom stereocenters. The molecule has 0 spiro atoms. The molecule has 0 bridgehead atoms. The van der Waals surface area contributed by atoms with Crippen LogP contribution < -0.4 is 4.74 Å². The van der Waals surface area contributed by atoms with E-state index in [0.29, 0.717) is 5.92 Å². The third-order valence-electron chi connectivity index (χ3n) is 4.80. The highest BCUT2D eigenvalue weighted by Crippen LogP contribution is 2.37. The summed E-state index contributed by atoms with van der Waals surface area (Å²) in [5.41, 5.74) is 1.23. The monoisotopic (exact) mass is 273 g/mol. The van der Waals surface area contributed by atoms with Crippen LogP contribution in [0, 0.1) is 12.0 Å². The Morgan fingerprint density at radius 3 is 2.80 bits per heavy atom. The summed E-state index contributed by atoms with van der Waals surface area (Å²) in [6, 6.07) is 9.25. The molecule has 1 aromatic carbocycles. The number of rotatable bonds is 2. The second-order valence-corrected chi connectivity index (χ2v) is 6.74. The fraction of sp³-hybridized carbons (Fsp3) is 0.647. The average molecular weight is 273 g/mol. The van der Waals surface area contributed by atoms with Crippen molar-refractivity contribution in [2.45, 2.75) is 25.9 Å². The van der Waals surface area contributed by atoms with E-state index in [-0.39, 0.29) is 5.60 Å². The number of ether oxygens (including phenoxy) is 1. The van der Waals surface area contributed by atoms with E-state index in [1.807, 2.05) is 12.1 Å². The molecule has 20 heavy (non-hydrogen) atoms. The van der Waals surface area contributed by atoms with Crippen LogP contribution >= 0.6 is 0 Å². The van der Waals surface area contributed by atoms with Crippen molar-refractivity contribution in [3.63, 3.8) is 0 Å². The first kappa shape index (κ1) is 13.9. The van der Waals surface area contributed by atoms with Gasteiger partial charge in [0.1, 0.15) is 11.4 Å². The SMILES string of the molecule is CN1CCN(CC2Cc3c[c]ccc3OC2(C)C)CC1. The van der Waals surface area contributed by atoms with Crippen LogP contribution in [-0.2, 0) is 6.42 Å². The van der Waals surface area contributed by atoms with E-state index in [1.54, 1.807) is 0 Å². The van der Waals surface area contributed by atoms with Crippen molar-refractivity contribution in [1.29, 1.82) is 0 Å². The van der Waals surface area contributed by atoms with Gasteiger partial charge in [0.25, 0.3) is 0 Å². The normalized spacial score (nSPS) is 26.9. The van der Waals surface area contributed by atoms with E-state index in [0.717, 1.165) is 18.7 Å². The van der Waals surface area contributed by atoms with Crippen molar-refractivity contribution >= 4 is 0 Å². The molecule has 3 rings (SSSR count). The summed E-state index contributed by atoms with van der Waals surface area (Å²) < 4.78 is 6.24. The Morgan fingerprint density at radius 1 is 1.30 bits per heavy atom. The van der Waals surface area contributed by atoms with Crippen molar-refractivity contribution in [2.24, 2.45) is 5.92 Å². The Labute approximate surface area is 122 Å². The van der Waals surface area contributed by atoms with Crippen molar-refractivity contribution < 1.29 is 4.74 Å². The minimum atomic E-state index is -0.0856. The molecule has 2 aliphatic heterocycles. The Bertz CT molecular complexity index is 464. The molecule has 1 saturated heterocycles. The molecule has 3 heteroatoms. The molecular weight excluding hydrogens is 248 g/mol. The molecule has 0 aromatic heterocycles. The van der Waals surface area contributed by atoms with E-state index in [9.17, 15) is 0 Å². The third-order valence-corrected chi connectivity index (χ3v) is 4.80. The van der Waals surface area contributed by atoms with Crippen LogP contribution in [0.1, 0.15) is 19.4 Å². The molecule has 1 aromatic rings. The number of nitrogens with zero attached hydrogens (tertiary/aromatic N) is 2. The minimum absolute atomic E-state index is 0.0856. The Balaban J connectivity index is 1.70. The molecule has 3 nitrogen and oxygen atoms in total. The number of benzene rings is 1. The van der Waals surface area contributed by atoms with E-state index >= 15 is 0 Å². The lowest BCUT2D eigenvalue weighted by Crippen LogP contribution is -2.52. The number of piperazine rings is 1. The molecule has 0 amide bonds. The molecule has 2 aliphatic rings. The molecule has 0 aliphatic carbocycles. The fourth-order valence-electron chi connectivity index (χ4n) is 3.21. The van der Waals surface area contributed by atoms with E-state index < -0.39 is 0 Å². The summed E-state index contributed by atoms with van der Waals surface area (Å²) in [6.45, 7) is 10.3. The zero-order valence-corrected chi connectivity index (χ0v) is 12.9. The highest BCUT2D eigenvalue weighted by atomic mass is 16.5. The standard InChI is InChI=1S/C17H25N2O/c1-17(2)15(13-19-10-8-18(3)9-11-19)12-14-6-4-5-7-16(14)20-17/h5-7,15H,8-13H2,1-3H3. The lowest BCUT2D eigenvalue weighted by atomic mass is 9.82. The van der Waals surface area contributed by atoms with E-state index in [2.05, 4.69) is 42.8 Å². The Kier molecular flexibility index (Phi) is 3.74. The Morgan fingerprint density at radius 2 is 2.05 bits per heavy atom. The smallest absolute Gasteiger partial charge is 0.123 e. The van der Waals surface area contributed by atoms with Crippen LogP contribution in [0.4, 0.5) is 0 Å². The van der Waals surface area contributed by atoms with Crippen molar-refractivity contribution in [3.05, 3.63) is 29.8 Å². The first-order valence-corrected chi connectivity index (χ1v) is 7.63. The van der Waals surface area contributed by atoms with Gasteiger partial charge in [-0.05, 0) is 51.1 Å². The number of fused-ring (bicyclic) bond motifs is 1. The molecule has 1 atom stereocenters. The van der Waals surface area contributed by atoms with Gasteiger partial charge in [-0.3, -0.25) is 0 Å². The first-order chi connectivity index (χ1) is 9.54. The van der Waals surface area contributed by atoms with Gasteiger partial charge in [-0.2, -0.15) is 0 Å². The molecule has 0 saturated carbocycles. The summed E-state index contributed by atoms with van der Waals surface area (Å²) in [4.78, 5) is 5.00. The zero-order valence-electron chi connectivity index (χ0n) is 12.9. The highest BCUT2D eigenvalue weighted by molar-refractivity contribution is 5.36. The van der Waals surface area contributed by atoms with Crippen LogP contribution in [0.2, 0.25) is 0 Å². The quantitative estimate of drug-likeness (QED) is 0.820. The van der Waals surface area contributed by atoms with Gasteiger partial charge in [0, 0.05) is 38.6 Å². The van der Waals surface area contributed by atoms with Crippen LogP contribution in [0.5, 0.6) is 5.75 Å². The Hall–Kier alpha value is -1.06. The molecule has 1 radical (unpaired) electrons. The zero-order chi connectivity index (χ0) is 14.2. The van der Waals surface area contributed by atoms with Gasteiger partial charge in [0.2, 0.25) is 0 Å². The largest absolute Gasteiger partial charge is 0.487 e. The van der Waals surface area contributed by atoms with Gasteiger partial charge < -0.3 is 14.5 Å². The van der Waals surface area contributed by atoms with Crippen LogP contribution in [0.3, 0.4) is 0 Å². The fourth-order valence-corrected chi connectivity index (χ4v) is 3.21. The molecule has 2 heterocycles. The van der Waals surface area contributed by atoms with Gasteiger partial charge in [-0.15, -0.1) is 0 Å². The molecule has 1 fully saturated rings. The highest BCUT2D eigenvalue weighted by Gasteiger charge is 2.37. The van der Waals surface area contributed by atoms with Crippen molar-refractivity contribution in [2.75, 3.05) is 39.8 Å². The lowest BCUT2D eigenvalue weighted by molar-refractivity contribution is 0.00207. The summed E-state index contributed by atoms with van der Waals surface area (Å²) in [7, 11) is 2.21. The predicted molar refractivity (Wildman–Crippen MR) is 81.1 cm³/mol. The average Bonchev–Trinajstić information content (AvgIpc) is 2.41. The lowest BCUT2D eigenvalue weighted by Gasteiger charge is -2.43. The summed E-state index contributed by atoms with van der Waals surface area (Å²) in [6.07, 6.45) is 1.10. The summed E-state index contributed by atoms with van der Waals surface area (Å²) >= 11 is 0. The number of hydrogen-bond acceptors (Lipinski definition) is 3. The second kappa shape index (κ2) is 5.38. The topological polar surface area (TPSA) is 15.7 Å². The van der Waals surface area contributed by atoms with Gasteiger partial charge in [0.15, 0.2) is 0 Å². The first-order valence-electron chi connectivity index (χ1n) is 7.63. The van der Waals surface area contributed by atoms with Gasteiger partial charge in [0.05, 0.1) is 0 Å². The number of hydrogen-bond donors (Lipinski definition) is 0. The van der Waals surface area contributed by atoms with Crippen LogP contribution in [-0.4, -0.2) is 55.2 Å². The minimum Gasteiger partial charge on any atom is -0.487 e. The van der Waals surface area contributed by atoms with Crippen LogP contribution in [0.25, 0.3) is 0 Å². The van der Waals surface area contributed by atoms with E-state index in [4.69, 9.17) is 4.74 Å². The third kappa shape index (κ3) is 2.84. The maximum absolute atomic E-state index is 6.24. The van der Waals surface area contributed by atoms with Crippen molar-refractivity contribution in [1.82, 2.24) is 9.80 Å². The summed E-state index contributed by atoms with van der Waals surface area (Å²) in [5.74, 6) is 1.59. The second-order valence-electron chi connectivity index (χ2n) is 6.74. The van der Waals surface area contributed by atoms with Crippen LogP contribution in [0.15, 0.2) is 18.2 Å². The number of likely N-dealkylation sites (N-methyl/N-ethyl adjacent to an activating group) is 1. The predicted octanol–water partition coefficient (Wildman–Crippen LogP) is 2.06. The van der Waals surface area contributed by atoms with Crippen molar-refractivity contribution in [3.8, 4) is 5.75 Å². The molecule has 109 valence electrons.